The lowest BCUT2D eigenvalue weighted by Crippen LogP contribution is -2.13. The van der Waals surface area contributed by atoms with Gasteiger partial charge in [0.15, 0.2) is 0 Å². The van der Waals surface area contributed by atoms with Crippen LogP contribution in [0.25, 0.3) is 0 Å². The van der Waals surface area contributed by atoms with Gasteiger partial charge in [0, 0.05) is 13.1 Å². The zero-order valence-electron chi connectivity index (χ0n) is 17.3. The SMILES string of the molecule is CCOC(=O)CCN.CCOC(=O)CCNc1nc(OC)c([N+](=O)[O-])c(OC)n1.Cl. The number of rotatable bonds is 11. The lowest BCUT2D eigenvalue weighted by atomic mass is 10.4. The first kappa shape index (κ1) is 29.3. The van der Waals surface area contributed by atoms with Crippen LogP contribution >= 0.6 is 12.4 Å². The molecule has 172 valence electrons. The van der Waals surface area contributed by atoms with Gasteiger partial charge >= 0.3 is 29.4 Å². The summed E-state index contributed by atoms with van der Waals surface area (Å²) in [6.07, 6.45) is 0.437. The fourth-order valence-electron chi connectivity index (χ4n) is 1.80. The summed E-state index contributed by atoms with van der Waals surface area (Å²) in [7, 11) is 2.49. The molecule has 0 atom stereocenters. The standard InChI is InChI=1S/C11H16N4O6.C5H11NO2.ClH/c1-4-21-7(16)5-6-12-11-13-9(19-2)8(15(17)18)10(14-11)20-3;1-2-8-5(7)3-4-6;/h4-6H2,1-3H3,(H,12,13,14);2-4,6H2,1H3;1H. The van der Waals surface area contributed by atoms with E-state index in [1.54, 1.807) is 13.8 Å². The number of aromatic nitrogens is 2. The van der Waals surface area contributed by atoms with Gasteiger partial charge in [0.05, 0.1) is 45.2 Å². The molecule has 0 aliphatic carbocycles. The zero-order valence-corrected chi connectivity index (χ0v) is 18.2. The van der Waals surface area contributed by atoms with Gasteiger partial charge in [-0.2, -0.15) is 9.97 Å². The van der Waals surface area contributed by atoms with Crippen molar-refractivity contribution in [3.63, 3.8) is 0 Å². The van der Waals surface area contributed by atoms with Gasteiger partial charge in [-0.15, -0.1) is 12.4 Å². The molecule has 13 nitrogen and oxygen atoms in total. The van der Waals surface area contributed by atoms with Crippen molar-refractivity contribution < 1.29 is 33.5 Å². The summed E-state index contributed by atoms with van der Waals surface area (Å²) in [5.74, 6) is -0.990. The highest BCUT2D eigenvalue weighted by Gasteiger charge is 2.26. The lowest BCUT2D eigenvalue weighted by Gasteiger charge is -2.09. The van der Waals surface area contributed by atoms with E-state index in [0.29, 0.717) is 26.2 Å². The molecule has 1 rings (SSSR count). The predicted octanol–water partition coefficient (Wildman–Crippen LogP) is 1.09. The second-order valence-corrected chi connectivity index (χ2v) is 5.00. The Hall–Kier alpha value is -2.93. The molecule has 0 saturated heterocycles. The molecule has 1 aromatic heterocycles. The summed E-state index contributed by atoms with van der Waals surface area (Å²) in [5, 5.41) is 13.7. The second kappa shape index (κ2) is 17.0. The molecule has 0 aliphatic heterocycles. The van der Waals surface area contributed by atoms with Crippen molar-refractivity contribution in [2.75, 3.05) is 45.8 Å². The Morgan fingerprint density at radius 3 is 1.87 bits per heavy atom. The van der Waals surface area contributed by atoms with Gasteiger partial charge in [-0.1, -0.05) is 0 Å². The number of nitrogens with zero attached hydrogens (tertiary/aromatic N) is 3. The van der Waals surface area contributed by atoms with Crippen LogP contribution in [-0.2, 0) is 19.1 Å². The summed E-state index contributed by atoms with van der Waals surface area (Å²) in [4.78, 5) is 39.4. The van der Waals surface area contributed by atoms with Gasteiger partial charge < -0.3 is 30.0 Å². The summed E-state index contributed by atoms with van der Waals surface area (Å²) in [6, 6.07) is 0. The number of hydrogen-bond donors (Lipinski definition) is 2. The summed E-state index contributed by atoms with van der Waals surface area (Å²) < 4.78 is 19.0. The highest BCUT2D eigenvalue weighted by Crippen LogP contribution is 2.34. The van der Waals surface area contributed by atoms with Gasteiger partial charge in [-0.05, 0) is 13.8 Å². The Kier molecular flexibility index (Phi) is 16.6. The Morgan fingerprint density at radius 1 is 1.03 bits per heavy atom. The van der Waals surface area contributed by atoms with Crippen LogP contribution in [-0.4, -0.2) is 67.4 Å². The maximum Gasteiger partial charge on any atom is 0.392 e. The number of esters is 2. The van der Waals surface area contributed by atoms with Crippen LogP contribution in [0.5, 0.6) is 11.8 Å². The Labute approximate surface area is 180 Å². The van der Waals surface area contributed by atoms with Crippen LogP contribution in [0.15, 0.2) is 0 Å². The number of methoxy groups -OCH3 is 2. The number of halogens is 1. The highest BCUT2D eigenvalue weighted by molar-refractivity contribution is 5.85. The van der Waals surface area contributed by atoms with E-state index in [0.717, 1.165) is 0 Å². The fourth-order valence-corrected chi connectivity index (χ4v) is 1.80. The smallest absolute Gasteiger partial charge is 0.392 e. The largest absolute Gasteiger partial charge is 0.476 e. The molecule has 0 aromatic carbocycles. The van der Waals surface area contributed by atoms with Crippen LogP contribution in [0.2, 0.25) is 0 Å². The number of nitro groups is 1. The third kappa shape index (κ3) is 11.2. The first-order chi connectivity index (χ1) is 13.8. The monoisotopic (exact) mass is 453 g/mol. The Balaban J connectivity index is 0. The first-order valence-corrected chi connectivity index (χ1v) is 8.73. The van der Waals surface area contributed by atoms with Gasteiger partial charge in [0.1, 0.15) is 0 Å². The van der Waals surface area contributed by atoms with E-state index in [-0.39, 0.29) is 55.0 Å². The summed E-state index contributed by atoms with van der Waals surface area (Å²) >= 11 is 0. The average Bonchev–Trinajstić information content (AvgIpc) is 2.68. The van der Waals surface area contributed by atoms with Gasteiger partial charge in [0.25, 0.3) is 0 Å². The number of nitrogens with two attached hydrogens (primary N) is 1. The third-order valence-electron chi connectivity index (χ3n) is 2.96. The molecule has 0 spiro atoms. The van der Waals surface area contributed by atoms with E-state index in [4.69, 9.17) is 19.9 Å². The van der Waals surface area contributed by atoms with E-state index in [1.807, 2.05) is 0 Å². The zero-order chi connectivity index (χ0) is 22.2. The van der Waals surface area contributed by atoms with Crippen molar-refractivity contribution in [2.45, 2.75) is 26.7 Å². The molecule has 0 fully saturated rings. The first-order valence-electron chi connectivity index (χ1n) is 8.73. The van der Waals surface area contributed by atoms with Crippen molar-refractivity contribution in [1.29, 1.82) is 0 Å². The quantitative estimate of drug-likeness (QED) is 0.277. The van der Waals surface area contributed by atoms with Gasteiger partial charge in [-0.25, -0.2) is 0 Å². The molecule has 0 amide bonds. The minimum atomic E-state index is -0.694. The van der Waals surface area contributed by atoms with Crippen LogP contribution in [0.4, 0.5) is 11.6 Å². The number of nitrogens with one attached hydrogen (secondary N) is 1. The summed E-state index contributed by atoms with van der Waals surface area (Å²) in [5.41, 5.74) is 4.60. The molecule has 1 aromatic rings. The number of hydrogen-bond acceptors (Lipinski definition) is 12. The molecule has 0 radical (unpaired) electrons. The van der Waals surface area contributed by atoms with Crippen LogP contribution < -0.4 is 20.5 Å². The van der Waals surface area contributed by atoms with Gasteiger partial charge in [0.2, 0.25) is 5.95 Å². The van der Waals surface area contributed by atoms with Crippen molar-refractivity contribution >= 4 is 36.0 Å². The molecule has 14 heteroatoms. The molecular formula is C16H28ClN5O8. The molecule has 0 saturated carbocycles. The van der Waals surface area contributed by atoms with Crippen molar-refractivity contribution in [3.05, 3.63) is 10.1 Å². The van der Waals surface area contributed by atoms with Gasteiger partial charge in [-0.3, -0.25) is 19.7 Å². The number of carbonyl (C=O) groups excluding carboxylic acids is 2. The van der Waals surface area contributed by atoms with E-state index >= 15 is 0 Å². The Bertz CT molecular complexity index is 644. The van der Waals surface area contributed by atoms with Crippen LogP contribution in [0.1, 0.15) is 26.7 Å². The van der Waals surface area contributed by atoms with E-state index in [1.165, 1.54) is 14.2 Å². The molecule has 3 N–H and O–H groups in total. The molecule has 30 heavy (non-hydrogen) atoms. The van der Waals surface area contributed by atoms with Crippen molar-refractivity contribution in [1.82, 2.24) is 9.97 Å². The minimum Gasteiger partial charge on any atom is -0.476 e. The topological polar surface area (TPSA) is 178 Å². The highest BCUT2D eigenvalue weighted by atomic mass is 35.5. The molecular weight excluding hydrogens is 426 g/mol. The number of anilines is 1. The lowest BCUT2D eigenvalue weighted by molar-refractivity contribution is -0.387. The molecule has 0 bridgehead atoms. The third-order valence-corrected chi connectivity index (χ3v) is 2.96. The molecule has 0 aliphatic rings. The van der Waals surface area contributed by atoms with Crippen LogP contribution in [0.3, 0.4) is 0 Å². The van der Waals surface area contributed by atoms with E-state index in [9.17, 15) is 19.7 Å². The average molecular weight is 454 g/mol. The number of ether oxygens (including phenoxy) is 4. The number of carbonyl (C=O) groups is 2. The van der Waals surface area contributed by atoms with E-state index < -0.39 is 10.6 Å². The maximum absolute atomic E-state index is 11.2. The van der Waals surface area contributed by atoms with Crippen molar-refractivity contribution in [2.24, 2.45) is 5.73 Å². The van der Waals surface area contributed by atoms with Crippen molar-refractivity contribution in [3.8, 4) is 11.8 Å². The predicted molar refractivity (Wildman–Crippen MR) is 109 cm³/mol. The Morgan fingerprint density at radius 2 is 1.50 bits per heavy atom. The van der Waals surface area contributed by atoms with Crippen LogP contribution in [0, 0.1) is 10.1 Å². The molecule has 1 heterocycles. The summed E-state index contributed by atoms with van der Waals surface area (Å²) in [6.45, 7) is 4.81. The maximum atomic E-state index is 11.2. The van der Waals surface area contributed by atoms with E-state index in [2.05, 4.69) is 20.0 Å². The fraction of sp³-hybridized carbons (Fsp3) is 0.625. The normalized spacial score (nSPS) is 9.23. The minimum absolute atomic E-state index is 0. The molecule has 0 unspecified atom stereocenters. The second-order valence-electron chi connectivity index (χ2n) is 5.00.